The second-order valence-corrected chi connectivity index (χ2v) is 3.62. The number of aryl methyl sites for hydroxylation is 1. The van der Waals surface area contributed by atoms with Crippen molar-refractivity contribution in [2.24, 2.45) is 7.05 Å². The highest BCUT2D eigenvalue weighted by Crippen LogP contribution is 2.39. The van der Waals surface area contributed by atoms with Gasteiger partial charge in [0.1, 0.15) is 5.69 Å². The van der Waals surface area contributed by atoms with Gasteiger partial charge in [-0.2, -0.15) is 31.4 Å². The summed E-state index contributed by atoms with van der Waals surface area (Å²) in [6.07, 6.45) is -8.91. The highest BCUT2D eigenvalue weighted by Gasteiger charge is 2.45. The van der Waals surface area contributed by atoms with Crippen molar-refractivity contribution < 1.29 is 26.3 Å². The lowest BCUT2D eigenvalue weighted by molar-refractivity contribution is -0.145. The van der Waals surface area contributed by atoms with Gasteiger partial charge >= 0.3 is 12.4 Å². The third kappa shape index (κ3) is 2.85. The summed E-state index contributed by atoms with van der Waals surface area (Å²) < 4.78 is 76.0. The molecule has 0 fully saturated rings. The first-order valence-corrected chi connectivity index (χ1v) is 4.90. The molecule has 0 aliphatic carbocycles. The van der Waals surface area contributed by atoms with Crippen molar-refractivity contribution in [3.8, 4) is 0 Å². The van der Waals surface area contributed by atoms with Crippen molar-refractivity contribution in [2.75, 3.05) is 0 Å². The third-order valence-electron chi connectivity index (χ3n) is 2.28. The molecule has 0 amide bonds. The fourth-order valence-electron chi connectivity index (χ4n) is 1.63. The molecule has 8 heteroatoms. The molecule has 0 N–H and O–H groups in total. The van der Waals surface area contributed by atoms with E-state index < -0.39 is 35.7 Å². The summed E-state index contributed by atoms with van der Waals surface area (Å²) >= 11 is 0. The van der Waals surface area contributed by atoms with Gasteiger partial charge in [-0.05, 0) is 12.8 Å². The zero-order valence-corrected chi connectivity index (χ0v) is 9.36. The largest absolute Gasteiger partial charge is 0.435 e. The number of halogens is 6. The Morgan fingerprint density at radius 2 is 1.72 bits per heavy atom. The molecule has 0 bridgehead atoms. The zero-order valence-electron chi connectivity index (χ0n) is 9.36. The van der Waals surface area contributed by atoms with Crippen molar-refractivity contribution in [1.29, 1.82) is 0 Å². The lowest BCUT2D eigenvalue weighted by Gasteiger charge is -2.10. The van der Waals surface area contributed by atoms with Crippen LogP contribution in [0.15, 0.2) is 12.7 Å². The third-order valence-corrected chi connectivity index (χ3v) is 2.28. The summed E-state index contributed by atoms with van der Waals surface area (Å²) in [5, 5.41) is 2.94. The molecule has 1 aromatic rings. The summed E-state index contributed by atoms with van der Waals surface area (Å²) in [5.41, 5.74) is -3.69. The summed E-state index contributed by atoms with van der Waals surface area (Å²) in [6.45, 7) is 3.28. The molecule has 0 saturated carbocycles. The molecule has 2 nitrogen and oxygen atoms in total. The summed E-state index contributed by atoms with van der Waals surface area (Å²) in [7, 11) is 0.843. The van der Waals surface area contributed by atoms with Crippen LogP contribution in [0.25, 0.3) is 0 Å². The maximum absolute atomic E-state index is 12.7. The fourth-order valence-corrected chi connectivity index (χ4v) is 1.63. The Morgan fingerprint density at radius 1 is 1.17 bits per heavy atom. The van der Waals surface area contributed by atoms with Crippen molar-refractivity contribution in [3.05, 3.63) is 29.6 Å². The van der Waals surface area contributed by atoms with E-state index in [0.717, 1.165) is 7.05 Å². The quantitative estimate of drug-likeness (QED) is 0.607. The minimum absolute atomic E-state index is 0.0118. The number of alkyl halides is 6. The Hall–Kier alpha value is -1.47. The minimum atomic E-state index is -4.90. The topological polar surface area (TPSA) is 17.8 Å². The molecule has 1 aromatic heterocycles. The van der Waals surface area contributed by atoms with Gasteiger partial charge in [0.15, 0.2) is 5.69 Å². The van der Waals surface area contributed by atoms with Gasteiger partial charge in [0.05, 0.1) is 0 Å². The molecule has 0 aliphatic heterocycles. The van der Waals surface area contributed by atoms with Crippen molar-refractivity contribution >= 4 is 0 Å². The highest BCUT2D eigenvalue weighted by atomic mass is 19.4. The van der Waals surface area contributed by atoms with E-state index in [-0.39, 0.29) is 11.1 Å². The lowest BCUT2D eigenvalue weighted by atomic mass is 10.1. The van der Waals surface area contributed by atoms with Gasteiger partial charge in [-0.15, -0.1) is 6.58 Å². The van der Waals surface area contributed by atoms with E-state index in [2.05, 4.69) is 11.7 Å². The van der Waals surface area contributed by atoms with E-state index in [0.29, 0.717) is 0 Å². The Labute approximate surface area is 98.9 Å². The monoisotopic (exact) mass is 272 g/mol. The first-order valence-electron chi connectivity index (χ1n) is 4.90. The fraction of sp³-hybridized carbons (Fsp3) is 0.500. The van der Waals surface area contributed by atoms with Crippen LogP contribution in [0.3, 0.4) is 0 Å². The van der Waals surface area contributed by atoms with Crippen molar-refractivity contribution in [1.82, 2.24) is 9.78 Å². The molecule has 0 spiro atoms. The number of aromatic nitrogens is 2. The second kappa shape index (κ2) is 4.66. The molecular formula is C10H10F6N2. The number of hydrogen-bond acceptors (Lipinski definition) is 1. The van der Waals surface area contributed by atoms with Crippen LogP contribution in [0.1, 0.15) is 23.4 Å². The molecule has 0 aromatic carbocycles. The molecule has 18 heavy (non-hydrogen) atoms. The average Bonchev–Trinajstić information content (AvgIpc) is 2.50. The normalized spacial score (nSPS) is 12.8. The molecule has 0 aliphatic rings. The lowest BCUT2D eigenvalue weighted by Crippen LogP contribution is -2.14. The van der Waals surface area contributed by atoms with Crippen LogP contribution in [0, 0.1) is 0 Å². The molecule has 0 saturated heterocycles. The molecular weight excluding hydrogens is 262 g/mol. The van der Waals surface area contributed by atoms with E-state index >= 15 is 0 Å². The van der Waals surface area contributed by atoms with Crippen LogP contribution in [-0.4, -0.2) is 9.78 Å². The van der Waals surface area contributed by atoms with Crippen LogP contribution >= 0.6 is 0 Å². The number of allylic oxidation sites excluding steroid dienone is 1. The molecule has 1 rings (SSSR count). The first kappa shape index (κ1) is 14.6. The van der Waals surface area contributed by atoms with Gasteiger partial charge in [0.25, 0.3) is 0 Å². The maximum Gasteiger partial charge on any atom is 0.435 e. The van der Waals surface area contributed by atoms with Crippen molar-refractivity contribution in [2.45, 2.75) is 25.2 Å². The van der Waals surface area contributed by atoms with Crippen LogP contribution in [-0.2, 0) is 25.8 Å². The number of rotatable bonds is 3. The Kier molecular flexibility index (Phi) is 3.78. The molecule has 0 radical (unpaired) electrons. The van der Waals surface area contributed by atoms with E-state index in [1.807, 2.05) is 0 Å². The molecule has 0 atom stereocenters. The summed E-state index contributed by atoms with van der Waals surface area (Å²) in [6, 6.07) is 0. The molecule has 102 valence electrons. The number of hydrogen-bond donors (Lipinski definition) is 0. The van der Waals surface area contributed by atoms with Gasteiger partial charge in [-0.25, -0.2) is 0 Å². The smallest absolute Gasteiger partial charge is 0.263 e. The second-order valence-electron chi connectivity index (χ2n) is 3.62. The van der Waals surface area contributed by atoms with Gasteiger partial charge < -0.3 is 0 Å². The molecule has 1 heterocycles. The number of nitrogens with zero attached hydrogens (tertiary/aromatic N) is 2. The average molecular weight is 272 g/mol. The van der Waals surface area contributed by atoms with E-state index in [9.17, 15) is 26.3 Å². The Balaban J connectivity index is 3.42. The van der Waals surface area contributed by atoms with E-state index in [1.165, 1.54) is 6.08 Å². The Morgan fingerprint density at radius 3 is 2.11 bits per heavy atom. The van der Waals surface area contributed by atoms with Gasteiger partial charge in [-0.1, -0.05) is 6.08 Å². The van der Waals surface area contributed by atoms with E-state index in [1.54, 1.807) is 0 Å². The predicted octanol–water partition coefficient (Wildman–Crippen LogP) is 3.58. The van der Waals surface area contributed by atoms with E-state index in [4.69, 9.17) is 0 Å². The van der Waals surface area contributed by atoms with Crippen LogP contribution in [0.5, 0.6) is 0 Å². The standard InChI is InChI=1S/C10H10F6N2/c1-3-4-5-6-7(9(11,12)13)17-18(2)8(6)10(14,15)16/h3H,1,4-5H2,2H3. The van der Waals surface area contributed by atoms with Gasteiger partial charge in [-0.3, -0.25) is 4.68 Å². The van der Waals surface area contributed by atoms with Crippen LogP contribution in [0.2, 0.25) is 0 Å². The zero-order chi connectivity index (χ0) is 14.1. The van der Waals surface area contributed by atoms with Gasteiger partial charge in [0.2, 0.25) is 0 Å². The first-order chi connectivity index (χ1) is 8.09. The van der Waals surface area contributed by atoms with Crippen molar-refractivity contribution in [3.63, 3.8) is 0 Å². The van der Waals surface area contributed by atoms with Gasteiger partial charge in [0, 0.05) is 12.6 Å². The summed E-state index contributed by atoms with van der Waals surface area (Å²) in [5.74, 6) is 0. The van der Waals surface area contributed by atoms with Crippen LogP contribution in [0.4, 0.5) is 26.3 Å². The highest BCUT2D eigenvalue weighted by molar-refractivity contribution is 5.31. The van der Waals surface area contributed by atoms with Crippen LogP contribution < -0.4 is 0 Å². The SMILES string of the molecule is C=CCCc1c(C(F)(F)F)nn(C)c1C(F)(F)F. The predicted molar refractivity (Wildman–Crippen MR) is 51.7 cm³/mol. The maximum atomic E-state index is 12.7. The molecule has 0 unspecified atom stereocenters. The summed E-state index contributed by atoms with van der Waals surface area (Å²) in [4.78, 5) is 0. The Bertz CT molecular complexity index is 440. The minimum Gasteiger partial charge on any atom is -0.263 e.